The Bertz CT molecular complexity index is 478. The Morgan fingerprint density at radius 2 is 2.31 bits per heavy atom. The number of carbonyl (C=O) groups is 1. The average Bonchev–Trinajstić information content (AvgIpc) is 2.49. The van der Waals surface area contributed by atoms with Crippen LogP contribution in [0.5, 0.6) is 0 Å². The number of carbonyl (C=O) groups excluding carboxylic acids is 1. The number of rotatable bonds is 1. The van der Waals surface area contributed by atoms with E-state index in [-0.39, 0.29) is 5.15 Å². The van der Waals surface area contributed by atoms with Gasteiger partial charge in [-0.2, -0.15) is 0 Å². The molecule has 0 unspecified atom stereocenters. The van der Waals surface area contributed by atoms with Crippen LogP contribution in [0.1, 0.15) is 10.4 Å². The summed E-state index contributed by atoms with van der Waals surface area (Å²) in [5, 5.41) is 0.691. The molecule has 1 amide bonds. The standard InChI is InChI=1S/C7H5ClN4O/c8-5-4-3(6(9)13)1-10-7(4)12-2-11-5/h1-2H,(H2,9,13)(H,10,11,12). The van der Waals surface area contributed by atoms with E-state index >= 15 is 0 Å². The van der Waals surface area contributed by atoms with Crippen LogP contribution < -0.4 is 5.73 Å². The molecule has 5 nitrogen and oxygen atoms in total. The molecule has 0 aliphatic carbocycles. The van der Waals surface area contributed by atoms with Crippen molar-refractivity contribution in [3.8, 4) is 0 Å². The quantitative estimate of drug-likeness (QED) is 0.659. The van der Waals surface area contributed by atoms with Gasteiger partial charge in [0.2, 0.25) is 0 Å². The van der Waals surface area contributed by atoms with Crippen LogP contribution in [0.2, 0.25) is 5.15 Å². The Balaban J connectivity index is 2.86. The van der Waals surface area contributed by atoms with Crippen molar-refractivity contribution in [1.29, 1.82) is 0 Å². The van der Waals surface area contributed by atoms with Gasteiger partial charge in [-0.15, -0.1) is 0 Å². The Hall–Kier alpha value is -1.62. The first-order valence-corrected chi connectivity index (χ1v) is 3.85. The summed E-state index contributed by atoms with van der Waals surface area (Å²) in [6.45, 7) is 0. The third-order valence-corrected chi connectivity index (χ3v) is 1.98. The smallest absolute Gasteiger partial charge is 0.251 e. The maximum atomic E-state index is 10.9. The van der Waals surface area contributed by atoms with Crippen molar-refractivity contribution >= 4 is 28.5 Å². The zero-order valence-corrected chi connectivity index (χ0v) is 7.17. The van der Waals surface area contributed by atoms with Gasteiger partial charge in [0, 0.05) is 6.20 Å². The number of nitrogens with two attached hydrogens (primary N) is 1. The third-order valence-electron chi connectivity index (χ3n) is 1.69. The number of H-pyrrole nitrogens is 1. The topological polar surface area (TPSA) is 84.7 Å². The molecule has 0 radical (unpaired) electrons. The predicted molar refractivity (Wildman–Crippen MR) is 47.4 cm³/mol. The minimum absolute atomic E-state index is 0.222. The van der Waals surface area contributed by atoms with Gasteiger partial charge in [-0.05, 0) is 0 Å². The molecular weight excluding hydrogens is 192 g/mol. The predicted octanol–water partition coefficient (Wildman–Crippen LogP) is 0.710. The van der Waals surface area contributed by atoms with Gasteiger partial charge >= 0.3 is 0 Å². The average molecular weight is 197 g/mol. The van der Waals surface area contributed by atoms with Gasteiger partial charge in [-0.1, -0.05) is 11.6 Å². The molecule has 2 aromatic heterocycles. The normalized spacial score (nSPS) is 10.5. The summed E-state index contributed by atoms with van der Waals surface area (Å²) < 4.78 is 0. The molecule has 0 aliphatic heterocycles. The first kappa shape index (κ1) is 8.00. The van der Waals surface area contributed by atoms with E-state index in [9.17, 15) is 4.79 Å². The Morgan fingerprint density at radius 3 is 3.00 bits per heavy atom. The van der Waals surface area contributed by atoms with Gasteiger partial charge in [-0.25, -0.2) is 9.97 Å². The van der Waals surface area contributed by atoms with Gasteiger partial charge < -0.3 is 10.7 Å². The molecular formula is C7H5ClN4O. The molecule has 0 saturated carbocycles. The fraction of sp³-hybridized carbons (Fsp3) is 0. The highest BCUT2D eigenvalue weighted by Gasteiger charge is 2.12. The highest BCUT2D eigenvalue weighted by atomic mass is 35.5. The zero-order valence-electron chi connectivity index (χ0n) is 6.41. The largest absolute Gasteiger partial charge is 0.366 e. The van der Waals surface area contributed by atoms with Crippen molar-refractivity contribution < 1.29 is 4.79 Å². The van der Waals surface area contributed by atoms with E-state index in [4.69, 9.17) is 17.3 Å². The lowest BCUT2D eigenvalue weighted by atomic mass is 10.2. The molecule has 2 aromatic rings. The van der Waals surface area contributed by atoms with Gasteiger partial charge in [-0.3, -0.25) is 4.79 Å². The first-order chi connectivity index (χ1) is 6.20. The second-order valence-corrected chi connectivity index (χ2v) is 2.81. The molecule has 0 atom stereocenters. The van der Waals surface area contributed by atoms with Gasteiger partial charge in [0.25, 0.3) is 5.91 Å². The second kappa shape index (κ2) is 2.70. The minimum atomic E-state index is -0.553. The lowest BCUT2D eigenvalue weighted by Gasteiger charge is -1.93. The monoisotopic (exact) mass is 196 g/mol. The summed E-state index contributed by atoms with van der Waals surface area (Å²) in [4.78, 5) is 21.3. The van der Waals surface area contributed by atoms with Crippen LogP contribution in [-0.2, 0) is 0 Å². The van der Waals surface area contributed by atoms with Gasteiger partial charge in [0.05, 0.1) is 10.9 Å². The molecule has 0 aliphatic rings. The molecule has 2 rings (SSSR count). The van der Waals surface area contributed by atoms with Crippen LogP contribution in [-0.4, -0.2) is 20.9 Å². The summed E-state index contributed by atoms with van der Waals surface area (Å²) in [6.07, 6.45) is 2.78. The second-order valence-electron chi connectivity index (χ2n) is 2.45. The number of fused-ring (bicyclic) bond motifs is 1. The third kappa shape index (κ3) is 1.13. The highest BCUT2D eigenvalue weighted by molar-refractivity contribution is 6.35. The van der Waals surface area contributed by atoms with Gasteiger partial charge in [0.1, 0.15) is 17.1 Å². The summed E-state index contributed by atoms with van der Waals surface area (Å²) in [7, 11) is 0. The van der Waals surface area contributed by atoms with Gasteiger partial charge in [0.15, 0.2) is 0 Å². The van der Waals surface area contributed by atoms with Crippen LogP contribution in [0.4, 0.5) is 0 Å². The highest BCUT2D eigenvalue weighted by Crippen LogP contribution is 2.22. The lowest BCUT2D eigenvalue weighted by molar-refractivity contribution is 0.100. The van der Waals surface area contributed by atoms with Crippen molar-refractivity contribution in [2.75, 3.05) is 0 Å². The first-order valence-electron chi connectivity index (χ1n) is 3.47. The van der Waals surface area contributed by atoms with Crippen LogP contribution in [0.15, 0.2) is 12.5 Å². The number of aromatic amines is 1. The number of hydrogen-bond donors (Lipinski definition) is 2. The maximum absolute atomic E-state index is 10.9. The molecule has 0 bridgehead atoms. The van der Waals surface area contributed by atoms with Crippen LogP contribution >= 0.6 is 11.6 Å². The Labute approximate surface area is 77.9 Å². The van der Waals surface area contributed by atoms with Crippen LogP contribution in [0.25, 0.3) is 11.0 Å². The van der Waals surface area contributed by atoms with E-state index in [1.54, 1.807) is 0 Å². The fourth-order valence-electron chi connectivity index (χ4n) is 1.12. The summed E-state index contributed by atoms with van der Waals surface area (Å²) >= 11 is 5.77. The lowest BCUT2D eigenvalue weighted by Crippen LogP contribution is -2.10. The molecule has 6 heteroatoms. The minimum Gasteiger partial charge on any atom is -0.366 e. The van der Waals surface area contributed by atoms with Crippen molar-refractivity contribution in [3.63, 3.8) is 0 Å². The van der Waals surface area contributed by atoms with Crippen LogP contribution in [0, 0.1) is 0 Å². The van der Waals surface area contributed by atoms with E-state index in [0.717, 1.165) is 0 Å². The Morgan fingerprint density at radius 1 is 1.54 bits per heavy atom. The number of primary amides is 1. The summed E-state index contributed by atoms with van der Waals surface area (Å²) in [6, 6.07) is 0. The molecule has 2 heterocycles. The number of nitrogens with one attached hydrogen (secondary N) is 1. The van der Waals surface area contributed by atoms with Crippen molar-refractivity contribution in [1.82, 2.24) is 15.0 Å². The zero-order chi connectivity index (χ0) is 9.42. The molecule has 3 N–H and O–H groups in total. The van der Waals surface area contributed by atoms with Crippen molar-refractivity contribution in [3.05, 3.63) is 23.2 Å². The molecule has 13 heavy (non-hydrogen) atoms. The van der Waals surface area contributed by atoms with E-state index < -0.39 is 5.91 Å². The molecule has 0 aromatic carbocycles. The van der Waals surface area contributed by atoms with E-state index in [0.29, 0.717) is 16.6 Å². The van der Waals surface area contributed by atoms with E-state index in [1.165, 1.54) is 12.5 Å². The number of halogens is 1. The maximum Gasteiger partial charge on any atom is 0.251 e. The number of amides is 1. The van der Waals surface area contributed by atoms with Crippen molar-refractivity contribution in [2.24, 2.45) is 5.73 Å². The SMILES string of the molecule is NC(=O)c1c[nH]c2ncnc(Cl)c12. The summed E-state index contributed by atoms with van der Waals surface area (Å²) in [5.41, 5.74) is 5.93. The van der Waals surface area contributed by atoms with E-state index in [2.05, 4.69) is 15.0 Å². The number of hydrogen-bond acceptors (Lipinski definition) is 3. The van der Waals surface area contributed by atoms with Crippen LogP contribution in [0.3, 0.4) is 0 Å². The molecule has 0 saturated heterocycles. The Kier molecular flexibility index (Phi) is 1.66. The molecule has 0 fully saturated rings. The number of aromatic nitrogens is 3. The molecule has 66 valence electrons. The fourth-order valence-corrected chi connectivity index (χ4v) is 1.35. The van der Waals surface area contributed by atoms with Crippen molar-refractivity contribution in [2.45, 2.75) is 0 Å². The summed E-state index contributed by atoms with van der Waals surface area (Å²) in [5.74, 6) is -0.553. The number of nitrogens with zero attached hydrogens (tertiary/aromatic N) is 2. The van der Waals surface area contributed by atoms with E-state index in [1.807, 2.05) is 0 Å². The molecule has 0 spiro atoms.